The number of carbonyl (C=O) groups is 1. The van der Waals surface area contributed by atoms with Crippen molar-refractivity contribution in [3.05, 3.63) is 0 Å². The van der Waals surface area contributed by atoms with Gasteiger partial charge in [0.25, 0.3) is 0 Å². The molecular weight excluding hydrogens is 216 g/mol. The first-order valence-electron chi connectivity index (χ1n) is 6.79. The molecule has 0 radical (unpaired) electrons. The number of amides is 1. The van der Waals surface area contributed by atoms with E-state index in [9.17, 15) is 4.79 Å². The highest BCUT2D eigenvalue weighted by Gasteiger charge is 2.40. The van der Waals surface area contributed by atoms with Gasteiger partial charge in [0.15, 0.2) is 0 Å². The van der Waals surface area contributed by atoms with E-state index in [2.05, 4.69) is 12.2 Å². The van der Waals surface area contributed by atoms with Gasteiger partial charge in [-0.15, -0.1) is 0 Å². The highest BCUT2D eigenvalue weighted by atomic mass is 16.5. The molecule has 17 heavy (non-hydrogen) atoms. The van der Waals surface area contributed by atoms with Crippen LogP contribution < -0.4 is 5.32 Å². The van der Waals surface area contributed by atoms with Gasteiger partial charge in [-0.25, -0.2) is 0 Å². The Morgan fingerprint density at radius 3 is 2.76 bits per heavy atom. The van der Waals surface area contributed by atoms with Gasteiger partial charge in [-0.2, -0.15) is 0 Å². The number of ether oxygens (including phenoxy) is 1. The fraction of sp³-hybridized carbons (Fsp3) is 0.923. The van der Waals surface area contributed by atoms with Crippen molar-refractivity contribution in [2.45, 2.75) is 51.2 Å². The quantitative estimate of drug-likeness (QED) is 0.787. The smallest absolute Gasteiger partial charge is 0.219 e. The molecule has 1 atom stereocenters. The topological polar surface area (TPSA) is 41.6 Å². The Hall–Kier alpha value is -0.610. The normalized spacial score (nSPS) is 28.0. The summed E-state index contributed by atoms with van der Waals surface area (Å²) in [5.74, 6) is 0.198. The minimum absolute atomic E-state index is 0.0387. The second kappa shape index (κ2) is 5.36. The minimum atomic E-state index is 0.0387. The number of hydrogen-bond acceptors (Lipinski definition) is 3. The van der Waals surface area contributed by atoms with E-state index in [0.29, 0.717) is 6.04 Å². The number of rotatable bonds is 2. The molecule has 2 fully saturated rings. The third-order valence-electron chi connectivity index (χ3n) is 4.17. The van der Waals surface area contributed by atoms with E-state index in [0.717, 1.165) is 51.9 Å². The third-order valence-corrected chi connectivity index (χ3v) is 4.17. The van der Waals surface area contributed by atoms with Crippen LogP contribution in [0, 0.1) is 0 Å². The molecule has 1 amide bonds. The Bertz CT molecular complexity index is 269. The fourth-order valence-electron chi connectivity index (χ4n) is 3.24. The van der Waals surface area contributed by atoms with Crippen molar-refractivity contribution in [2.24, 2.45) is 0 Å². The van der Waals surface area contributed by atoms with Crippen LogP contribution in [0.5, 0.6) is 0 Å². The molecule has 0 bridgehead atoms. The number of nitrogens with zero attached hydrogens (tertiary/aromatic N) is 1. The van der Waals surface area contributed by atoms with E-state index in [4.69, 9.17) is 4.74 Å². The van der Waals surface area contributed by atoms with Crippen LogP contribution in [0.1, 0.15) is 39.5 Å². The Morgan fingerprint density at radius 2 is 2.18 bits per heavy atom. The van der Waals surface area contributed by atoms with Crippen molar-refractivity contribution >= 4 is 5.91 Å². The van der Waals surface area contributed by atoms with E-state index in [-0.39, 0.29) is 11.5 Å². The van der Waals surface area contributed by atoms with Crippen molar-refractivity contribution in [1.82, 2.24) is 10.2 Å². The lowest BCUT2D eigenvalue weighted by atomic mass is 9.82. The van der Waals surface area contributed by atoms with Crippen LogP contribution in [-0.4, -0.2) is 48.7 Å². The highest BCUT2D eigenvalue weighted by molar-refractivity contribution is 5.73. The van der Waals surface area contributed by atoms with Crippen LogP contribution in [0.4, 0.5) is 0 Å². The van der Waals surface area contributed by atoms with Gasteiger partial charge < -0.3 is 15.0 Å². The molecule has 0 aromatic carbocycles. The van der Waals surface area contributed by atoms with Crippen LogP contribution >= 0.6 is 0 Å². The molecule has 1 N–H and O–H groups in total. The Labute approximate surface area is 104 Å². The van der Waals surface area contributed by atoms with E-state index in [1.807, 2.05) is 4.90 Å². The monoisotopic (exact) mass is 240 g/mol. The molecule has 0 saturated carbocycles. The van der Waals surface area contributed by atoms with Crippen LogP contribution in [-0.2, 0) is 9.53 Å². The first-order chi connectivity index (χ1) is 8.17. The summed E-state index contributed by atoms with van der Waals surface area (Å²) in [4.78, 5) is 13.6. The molecular formula is C13H24N2O2. The summed E-state index contributed by atoms with van der Waals surface area (Å²) in [6.45, 7) is 7.43. The predicted molar refractivity (Wildman–Crippen MR) is 66.9 cm³/mol. The second-order valence-corrected chi connectivity index (χ2v) is 5.23. The van der Waals surface area contributed by atoms with Crippen LogP contribution in [0.3, 0.4) is 0 Å². The third kappa shape index (κ3) is 2.80. The molecule has 2 heterocycles. The van der Waals surface area contributed by atoms with Gasteiger partial charge in [-0.3, -0.25) is 4.79 Å². The molecule has 2 aliphatic heterocycles. The second-order valence-electron chi connectivity index (χ2n) is 5.23. The summed E-state index contributed by atoms with van der Waals surface area (Å²) in [6.07, 6.45) is 4.17. The molecule has 4 nitrogen and oxygen atoms in total. The highest BCUT2D eigenvalue weighted by Crippen LogP contribution is 2.34. The molecule has 98 valence electrons. The van der Waals surface area contributed by atoms with Crippen molar-refractivity contribution in [2.75, 3.05) is 26.2 Å². The average molecular weight is 240 g/mol. The number of carbonyl (C=O) groups excluding carboxylic acids is 1. The Kier molecular flexibility index (Phi) is 4.05. The maximum atomic E-state index is 11.6. The van der Waals surface area contributed by atoms with Crippen LogP contribution in [0.15, 0.2) is 0 Å². The van der Waals surface area contributed by atoms with Crippen molar-refractivity contribution < 1.29 is 9.53 Å². The number of hydrogen-bond donors (Lipinski definition) is 1. The Morgan fingerprint density at radius 1 is 1.47 bits per heavy atom. The molecule has 1 spiro atoms. The van der Waals surface area contributed by atoms with E-state index >= 15 is 0 Å². The van der Waals surface area contributed by atoms with Gasteiger partial charge in [0.05, 0.1) is 5.60 Å². The lowest BCUT2D eigenvalue weighted by molar-refractivity contribution is -0.144. The average Bonchev–Trinajstić information content (AvgIpc) is 2.30. The Balaban J connectivity index is 2.02. The molecule has 0 aromatic heterocycles. The van der Waals surface area contributed by atoms with Gasteiger partial charge in [-0.1, -0.05) is 0 Å². The maximum absolute atomic E-state index is 11.6. The summed E-state index contributed by atoms with van der Waals surface area (Å²) in [6, 6.07) is 0.379. The van der Waals surface area contributed by atoms with Crippen molar-refractivity contribution in [3.8, 4) is 0 Å². The largest absolute Gasteiger partial charge is 0.375 e. The van der Waals surface area contributed by atoms with Gasteiger partial charge in [0.1, 0.15) is 0 Å². The SMILES string of the molecule is CCN(C(C)=O)C1CCOC2(CCNCC2)C1. The summed E-state index contributed by atoms with van der Waals surface area (Å²) >= 11 is 0. The summed E-state index contributed by atoms with van der Waals surface area (Å²) < 4.78 is 6.03. The van der Waals surface area contributed by atoms with E-state index < -0.39 is 0 Å². The lowest BCUT2D eigenvalue weighted by Crippen LogP contribution is -2.53. The fourth-order valence-corrected chi connectivity index (χ4v) is 3.24. The first-order valence-corrected chi connectivity index (χ1v) is 6.79. The number of piperidine rings is 1. The van der Waals surface area contributed by atoms with Gasteiger partial charge in [0, 0.05) is 26.1 Å². The molecule has 2 rings (SSSR count). The molecule has 2 aliphatic rings. The van der Waals surface area contributed by atoms with Gasteiger partial charge >= 0.3 is 0 Å². The molecule has 0 aromatic rings. The summed E-state index contributed by atoms with van der Waals surface area (Å²) in [5.41, 5.74) is 0.0387. The molecule has 2 saturated heterocycles. The van der Waals surface area contributed by atoms with Crippen molar-refractivity contribution in [3.63, 3.8) is 0 Å². The zero-order chi connectivity index (χ0) is 12.3. The van der Waals surface area contributed by atoms with Crippen LogP contribution in [0.25, 0.3) is 0 Å². The lowest BCUT2D eigenvalue weighted by Gasteiger charge is -2.46. The van der Waals surface area contributed by atoms with E-state index in [1.54, 1.807) is 6.92 Å². The molecule has 0 aliphatic carbocycles. The number of nitrogens with one attached hydrogen (secondary N) is 1. The summed E-state index contributed by atoms with van der Waals surface area (Å²) in [7, 11) is 0. The maximum Gasteiger partial charge on any atom is 0.219 e. The molecule has 1 unspecified atom stereocenters. The molecule has 4 heteroatoms. The summed E-state index contributed by atoms with van der Waals surface area (Å²) in [5, 5.41) is 3.38. The minimum Gasteiger partial charge on any atom is -0.375 e. The van der Waals surface area contributed by atoms with Crippen LogP contribution in [0.2, 0.25) is 0 Å². The van der Waals surface area contributed by atoms with E-state index in [1.165, 1.54) is 0 Å². The zero-order valence-corrected chi connectivity index (χ0v) is 11.0. The van der Waals surface area contributed by atoms with Gasteiger partial charge in [0.2, 0.25) is 5.91 Å². The van der Waals surface area contributed by atoms with Gasteiger partial charge in [-0.05, 0) is 45.7 Å². The zero-order valence-electron chi connectivity index (χ0n) is 11.0. The standard InChI is InChI=1S/C13H24N2O2/c1-3-15(11(2)16)12-4-9-17-13(10-12)5-7-14-8-6-13/h12,14H,3-10H2,1-2H3. The van der Waals surface area contributed by atoms with Crippen molar-refractivity contribution in [1.29, 1.82) is 0 Å². The predicted octanol–water partition coefficient (Wildman–Crippen LogP) is 1.16. The first kappa shape index (κ1) is 12.8.